The highest BCUT2D eigenvalue weighted by atomic mass is 79.9. The van der Waals surface area contributed by atoms with Crippen molar-refractivity contribution in [3.05, 3.63) is 22.4 Å². The topological polar surface area (TPSA) is 63.5 Å². The number of aromatic nitrogens is 1. The molecule has 6 heteroatoms. The number of aliphatic hydroxyl groups is 1. The first kappa shape index (κ1) is 14.1. The molecule has 110 valence electrons. The van der Waals surface area contributed by atoms with Crippen LogP contribution < -0.4 is 5.32 Å². The number of hydrogen-bond donors (Lipinski definition) is 2. The highest BCUT2D eigenvalue weighted by molar-refractivity contribution is 9.10. The van der Waals surface area contributed by atoms with E-state index in [1.807, 2.05) is 23.8 Å². The van der Waals surface area contributed by atoms with Crippen LogP contribution in [-0.4, -0.2) is 40.4 Å². The molecule has 2 unspecified atom stereocenters. The van der Waals surface area contributed by atoms with Gasteiger partial charge in [0.05, 0.1) is 6.10 Å². The summed E-state index contributed by atoms with van der Waals surface area (Å²) in [5.41, 5.74) is -0.307. The lowest BCUT2D eigenvalue weighted by Crippen LogP contribution is -2.47. The van der Waals surface area contributed by atoms with E-state index >= 15 is 0 Å². The number of carbonyl (C=O) groups is 1. The molecule has 2 N–H and O–H groups in total. The molecular weight excluding hydrogens is 324 g/mol. The van der Waals surface area contributed by atoms with Crippen molar-refractivity contribution in [3.63, 3.8) is 0 Å². The van der Waals surface area contributed by atoms with Gasteiger partial charge in [-0.3, -0.25) is 4.79 Å². The Bertz CT molecular complexity index is 526. The average molecular weight is 343 g/mol. The van der Waals surface area contributed by atoms with Crippen LogP contribution in [0.15, 0.2) is 16.7 Å². The largest absolute Gasteiger partial charge is 0.385 e. The van der Waals surface area contributed by atoms with Crippen molar-refractivity contribution < 1.29 is 14.6 Å². The molecule has 1 aliphatic carbocycles. The standard InChI is InChI=1S/C14H19BrN2O3/c1-9-14(19,4-5-20-9)8-16-13(18)12-6-10(15)7-17(12)11-2-3-11/h6-7,9,11,19H,2-5,8H2,1H3,(H,16,18). The monoisotopic (exact) mass is 342 g/mol. The molecule has 2 fully saturated rings. The van der Waals surface area contributed by atoms with Crippen molar-refractivity contribution >= 4 is 21.8 Å². The highest BCUT2D eigenvalue weighted by Crippen LogP contribution is 2.37. The minimum absolute atomic E-state index is 0.143. The number of nitrogens with one attached hydrogen (secondary N) is 1. The summed E-state index contributed by atoms with van der Waals surface area (Å²) in [6.45, 7) is 2.60. The summed E-state index contributed by atoms with van der Waals surface area (Å²) in [6.07, 6.45) is 4.50. The quantitative estimate of drug-likeness (QED) is 0.877. The predicted molar refractivity (Wildman–Crippen MR) is 77.7 cm³/mol. The molecule has 0 radical (unpaired) electrons. The van der Waals surface area contributed by atoms with Gasteiger partial charge in [0.15, 0.2) is 0 Å². The number of hydrogen-bond acceptors (Lipinski definition) is 3. The van der Waals surface area contributed by atoms with Gasteiger partial charge < -0.3 is 19.7 Å². The second-order valence-electron chi connectivity index (χ2n) is 5.73. The van der Waals surface area contributed by atoms with Crippen molar-refractivity contribution in [2.45, 2.75) is 43.9 Å². The Hall–Kier alpha value is -0.850. The number of rotatable bonds is 4. The van der Waals surface area contributed by atoms with E-state index in [4.69, 9.17) is 4.74 Å². The predicted octanol–water partition coefficient (Wildman–Crippen LogP) is 1.86. The summed E-state index contributed by atoms with van der Waals surface area (Å²) in [4.78, 5) is 12.3. The fourth-order valence-corrected chi connectivity index (χ4v) is 3.05. The molecule has 2 heterocycles. The van der Waals surface area contributed by atoms with Crippen LogP contribution in [0.2, 0.25) is 0 Å². The summed E-state index contributed by atoms with van der Waals surface area (Å²) in [5.74, 6) is -0.143. The van der Waals surface area contributed by atoms with Crippen molar-refractivity contribution in [2.75, 3.05) is 13.2 Å². The van der Waals surface area contributed by atoms with Crippen molar-refractivity contribution in [3.8, 4) is 0 Å². The van der Waals surface area contributed by atoms with Crippen LogP contribution in [0.5, 0.6) is 0 Å². The van der Waals surface area contributed by atoms with Crippen molar-refractivity contribution in [2.24, 2.45) is 0 Å². The molecule has 1 saturated carbocycles. The van der Waals surface area contributed by atoms with E-state index in [2.05, 4.69) is 21.2 Å². The van der Waals surface area contributed by atoms with Crippen LogP contribution in [0.3, 0.4) is 0 Å². The second-order valence-corrected chi connectivity index (χ2v) is 6.65. The molecule has 0 spiro atoms. The molecule has 1 aromatic rings. The minimum Gasteiger partial charge on any atom is -0.385 e. The smallest absolute Gasteiger partial charge is 0.268 e. The second kappa shape index (κ2) is 5.16. The lowest BCUT2D eigenvalue weighted by Gasteiger charge is -2.26. The van der Waals surface area contributed by atoms with Crippen LogP contribution in [0.25, 0.3) is 0 Å². The lowest BCUT2D eigenvalue weighted by atomic mass is 9.97. The molecule has 0 aromatic carbocycles. The zero-order valence-corrected chi connectivity index (χ0v) is 13.0. The summed E-state index contributed by atoms with van der Waals surface area (Å²) >= 11 is 3.41. The van der Waals surface area contributed by atoms with Gasteiger partial charge in [-0.25, -0.2) is 0 Å². The normalized spacial score (nSPS) is 29.6. The molecule has 1 aromatic heterocycles. The van der Waals surface area contributed by atoms with E-state index in [1.54, 1.807) is 0 Å². The van der Waals surface area contributed by atoms with E-state index in [0.717, 1.165) is 17.3 Å². The van der Waals surface area contributed by atoms with Gasteiger partial charge in [0, 0.05) is 36.3 Å². The third-order valence-electron chi connectivity index (χ3n) is 4.20. The summed E-state index contributed by atoms with van der Waals surface area (Å²) in [7, 11) is 0. The number of nitrogens with zero attached hydrogens (tertiary/aromatic N) is 1. The van der Waals surface area contributed by atoms with Gasteiger partial charge in [0.2, 0.25) is 0 Å². The molecule has 1 saturated heterocycles. The van der Waals surface area contributed by atoms with Crippen LogP contribution in [0.4, 0.5) is 0 Å². The maximum Gasteiger partial charge on any atom is 0.268 e. The SMILES string of the molecule is CC1OCCC1(O)CNC(=O)c1cc(Br)cn1C1CC1. The number of carbonyl (C=O) groups excluding carboxylic acids is 1. The first-order valence-corrected chi connectivity index (χ1v) is 7.78. The van der Waals surface area contributed by atoms with E-state index in [0.29, 0.717) is 24.8 Å². The number of ether oxygens (including phenoxy) is 1. The van der Waals surface area contributed by atoms with Gasteiger partial charge in [-0.1, -0.05) is 0 Å². The third kappa shape index (κ3) is 2.64. The Morgan fingerprint density at radius 2 is 2.40 bits per heavy atom. The summed E-state index contributed by atoms with van der Waals surface area (Å²) < 4.78 is 8.29. The number of halogens is 1. The Balaban J connectivity index is 1.67. The van der Waals surface area contributed by atoms with Crippen molar-refractivity contribution in [1.82, 2.24) is 9.88 Å². The maximum absolute atomic E-state index is 12.3. The van der Waals surface area contributed by atoms with E-state index in [9.17, 15) is 9.90 Å². The Labute approximate surface area is 126 Å². The van der Waals surface area contributed by atoms with Crippen LogP contribution in [0, 0.1) is 0 Å². The molecule has 5 nitrogen and oxygen atoms in total. The fourth-order valence-electron chi connectivity index (χ4n) is 2.61. The van der Waals surface area contributed by atoms with Crippen LogP contribution in [-0.2, 0) is 4.74 Å². The zero-order valence-electron chi connectivity index (χ0n) is 11.4. The van der Waals surface area contributed by atoms with Gasteiger partial charge >= 0.3 is 0 Å². The minimum atomic E-state index is -0.954. The maximum atomic E-state index is 12.3. The van der Waals surface area contributed by atoms with Gasteiger partial charge in [-0.15, -0.1) is 0 Å². The van der Waals surface area contributed by atoms with E-state index in [1.165, 1.54) is 0 Å². The molecule has 2 atom stereocenters. The van der Waals surface area contributed by atoms with Crippen LogP contribution in [0.1, 0.15) is 42.7 Å². The molecule has 0 bridgehead atoms. The zero-order chi connectivity index (χ0) is 14.3. The summed E-state index contributed by atoms with van der Waals surface area (Å²) in [5, 5.41) is 13.2. The first-order valence-electron chi connectivity index (χ1n) is 6.99. The third-order valence-corrected chi connectivity index (χ3v) is 4.64. The van der Waals surface area contributed by atoms with Gasteiger partial charge in [0.25, 0.3) is 5.91 Å². The summed E-state index contributed by atoms with van der Waals surface area (Å²) in [6, 6.07) is 2.27. The highest BCUT2D eigenvalue weighted by Gasteiger charge is 2.40. The lowest BCUT2D eigenvalue weighted by molar-refractivity contribution is -0.0252. The Morgan fingerprint density at radius 3 is 3.00 bits per heavy atom. The molecule has 1 amide bonds. The average Bonchev–Trinajstić information content (AvgIpc) is 3.11. The fraction of sp³-hybridized carbons (Fsp3) is 0.643. The molecule has 3 rings (SSSR count). The van der Waals surface area contributed by atoms with Crippen LogP contribution >= 0.6 is 15.9 Å². The number of amides is 1. The Morgan fingerprint density at radius 1 is 1.65 bits per heavy atom. The first-order chi connectivity index (χ1) is 9.49. The Kier molecular flexibility index (Phi) is 3.64. The van der Waals surface area contributed by atoms with Gasteiger partial charge in [-0.05, 0) is 41.8 Å². The molecule has 20 heavy (non-hydrogen) atoms. The molecule has 2 aliphatic rings. The van der Waals surface area contributed by atoms with Gasteiger partial charge in [-0.2, -0.15) is 0 Å². The molecule has 1 aliphatic heterocycles. The van der Waals surface area contributed by atoms with Crippen molar-refractivity contribution in [1.29, 1.82) is 0 Å². The van der Waals surface area contributed by atoms with E-state index in [-0.39, 0.29) is 18.6 Å². The molecular formula is C14H19BrN2O3. The van der Waals surface area contributed by atoms with E-state index < -0.39 is 5.60 Å². The van der Waals surface area contributed by atoms with Gasteiger partial charge in [0.1, 0.15) is 11.3 Å².